The minimum absolute atomic E-state index is 0.00271. The summed E-state index contributed by atoms with van der Waals surface area (Å²) in [5.74, 6) is -1.28. The Bertz CT molecular complexity index is 723. The maximum atomic E-state index is 13.0. The van der Waals surface area contributed by atoms with Gasteiger partial charge in [-0.25, -0.2) is 4.39 Å². The lowest BCUT2D eigenvalue weighted by Gasteiger charge is -2.09. The topological polar surface area (TPSA) is 99.1 Å². The highest BCUT2D eigenvalue weighted by atomic mass is 19.1. The van der Waals surface area contributed by atoms with Gasteiger partial charge in [0.1, 0.15) is 17.6 Å². The summed E-state index contributed by atoms with van der Waals surface area (Å²) in [5.41, 5.74) is 6.06. The molecule has 0 aliphatic carbocycles. The third-order valence-electron chi connectivity index (χ3n) is 2.63. The quantitative estimate of drug-likeness (QED) is 0.576. The smallest absolute Gasteiger partial charge is 0.257 e. The van der Waals surface area contributed by atoms with Gasteiger partial charge in [0, 0.05) is 5.69 Å². The lowest BCUT2D eigenvalue weighted by Crippen LogP contribution is -2.14. The summed E-state index contributed by atoms with van der Waals surface area (Å²) in [4.78, 5) is 12.0. The Morgan fingerprint density at radius 3 is 2.75 bits per heavy atom. The summed E-state index contributed by atoms with van der Waals surface area (Å²) in [5, 5.41) is 20.7. The van der Waals surface area contributed by atoms with Crippen molar-refractivity contribution in [3.05, 3.63) is 53.3 Å². The van der Waals surface area contributed by atoms with Gasteiger partial charge in [0.2, 0.25) is 0 Å². The normalized spacial score (nSPS) is 9.80. The van der Waals surface area contributed by atoms with E-state index in [1.165, 1.54) is 24.3 Å². The number of aromatic hydroxyl groups is 1. The van der Waals surface area contributed by atoms with Crippen LogP contribution in [0.1, 0.15) is 15.9 Å². The number of carbonyl (C=O) groups is 1. The lowest BCUT2D eigenvalue weighted by atomic mass is 10.1. The van der Waals surface area contributed by atoms with Gasteiger partial charge in [0.15, 0.2) is 0 Å². The van der Waals surface area contributed by atoms with E-state index in [1.54, 1.807) is 6.07 Å². The number of hydrogen-bond acceptors (Lipinski definition) is 4. The first-order valence-electron chi connectivity index (χ1n) is 5.61. The molecule has 0 aliphatic rings. The molecule has 0 atom stereocenters. The Hall–Kier alpha value is -3.07. The minimum atomic E-state index is -0.596. The van der Waals surface area contributed by atoms with Crippen molar-refractivity contribution in [1.29, 1.82) is 5.26 Å². The third-order valence-corrected chi connectivity index (χ3v) is 2.63. The highest BCUT2D eigenvalue weighted by Crippen LogP contribution is 2.21. The maximum Gasteiger partial charge on any atom is 0.257 e. The first-order valence-corrected chi connectivity index (χ1v) is 5.61. The Morgan fingerprint density at radius 1 is 1.30 bits per heavy atom. The average molecular weight is 271 g/mol. The van der Waals surface area contributed by atoms with Crippen molar-refractivity contribution in [2.24, 2.45) is 0 Å². The van der Waals surface area contributed by atoms with Crippen LogP contribution in [0.4, 0.5) is 15.8 Å². The number of nitriles is 1. The summed E-state index contributed by atoms with van der Waals surface area (Å²) >= 11 is 0. The number of rotatable bonds is 2. The number of benzene rings is 2. The number of halogens is 1. The van der Waals surface area contributed by atoms with Gasteiger partial charge in [0.05, 0.1) is 16.8 Å². The Balaban J connectivity index is 2.33. The van der Waals surface area contributed by atoms with Crippen LogP contribution in [-0.4, -0.2) is 11.0 Å². The molecule has 0 aliphatic heterocycles. The van der Waals surface area contributed by atoms with Crippen molar-refractivity contribution >= 4 is 17.3 Å². The van der Waals surface area contributed by atoms with Crippen LogP contribution in [0.15, 0.2) is 36.4 Å². The van der Waals surface area contributed by atoms with E-state index >= 15 is 0 Å². The SMILES string of the molecule is N#Cc1cc(F)ccc1NC(=O)c1cc(O)ccc1N. The van der Waals surface area contributed by atoms with Crippen LogP contribution in [0.5, 0.6) is 5.75 Å². The van der Waals surface area contributed by atoms with Crippen LogP contribution >= 0.6 is 0 Å². The van der Waals surface area contributed by atoms with Crippen molar-refractivity contribution in [1.82, 2.24) is 0 Å². The largest absolute Gasteiger partial charge is 0.508 e. The van der Waals surface area contributed by atoms with Gasteiger partial charge >= 0.3 is 0 Å². The first-order chi connectivity index (χ1) is 9.51. The van der Waals surface area contributed by atoms with Crippen LogP contribution in [0.25, 0.3) is 0 Å². The third kappa shape index (κ3) is 2.67. The van der Waals surface area contributed by atoms with Crippen LogP contribution in [0.3, 0.4) is 0 Å². The van der Waals surface area contributed by atoms with Crippen LogP contribution in [0, 0.1) is 17.1 Å². The van der Waals surface area contributed by atoms with Gasteiger partial charge in [-0.3, -0.25) is 4.79 Å². The van der Waals surface area contributed by atoms with E-state index in [2.05, 4.69) is 5.32 Å². The average Bonchev–Trinajstić information content (AvgIpc) is 2.43. The van der Waals surface area contributed by atoms with E-state index in [0.717, 1.165) is 12.1 Å². The van der Waals surface area contributed by atoms with Crippen LogP contribution in [-0.2, 0) is 0 Å². The van der Waals surface area contributed by atoms with Crippen molar-refractivity contribution < 1.29 is 14.3 Å². The molecule has 0 spiro atoms. The molecule has 4 N–H and O–H groups in total. The second-order valence-corrected chi connectivity index (χ2v) is 4.03. The van der Waals surface area contributed by atoms with Crippen LogP contribution in [0.2, 0.25) is 0 Å². The Labute approximate surface area is 114 Å². The van der Waals surface area contributed by atoms with E-state index in [0.29, 0.717) is 0 Å². The molecule has 0 bridgehead atoms. The van der Waals surface area contributed by atoms with Crippen molar-refractivity contribution in [3.8, 4) is 11.8 Å². The van der Waals surface area contributed by atoms with Gasteiger partial charge in [-0.2, -0.15) is 5.26 Å². The number of carbonyl (C=O) groups excluding carboxylic acids is 1. The highest BCUT2D eigenvalue weighted by molar-refractivity contribution is 6.08. The highest BCUT2D eigenvalue weighted by Gasteiger charge is 2.13. The number of nitrogen functional groups attached to an aromatic ring is 1. The fourth-order valence-electron chi connectivity index (χ4n) is 1.65. The molecule has 0 unspecified atom stereocenters. The maximum absolute atomic E-state index is 13.0. The number of amides is 1. The van der Waals surface area contributed by atoms with E-state index < -0.39 is 11.7 Å². The zero-order valence-electron chi connectivity index (χ0n) is 10.2. The van der Waals surface area contributed by atoms with E-state index in [9.17, 15) is 14.3 Å². The molecule has 2 rings (SSSR count). The fraction of sp³-hybridized carbons (Fsp3) is 0. The van der Waals surface area contributed by atoms with Gasteiger partial charge in [-0.1, -0.05) is 0 Å². The molecule has 20 heavy (non-hydrogen) atoms. The Morgan fingerprint density at radius 2 is 2.05 bits per heavy atom. The number of nitrogens with one attached hydrogen (secondary N) is 1. The molecular formula is C14H10FN3O2. The van der Waals surface area contributed by atoms with E-state index in [-0.39, 0.29) is 28.3 Å². The zero-order valence-corrected chi connectivity index (χ0v) is 10.2. The summed E-state index contributed by atoms with van der Waals surface area (Å²) < 4.78 is 13.0. The van der Waals surface area contributed by atoms with Gasteiger partial charge in [0.25, 0.3) is 5.91 Å². The molecule has 0 aromatic heterocycles. The summed E-state index contributed by atoms with van der Waals surface area (Å²) in [7, 11) is 0. The van der Waals surface area contributed by atoms with E-state index in [1.807, 2.05) is 0 Å². The van der Waals surface area contributed by atoms with Crippen molar-refractivity contribution in [2.75, 3.05) is 11.1 Å². The van der Waals surface area contributed by atoms with Crippen molar-refractivity contribution in [3.63, 3.8) is 0 Å². The van der Waals surface area contributed by atoms with E-state index in [4.69, 9.17) is 11.0 Å². The molecule has 1 amide bonds. The second kappa shape index (κ2) is 5.28. The molecule has 100 valence electrons. The summed E-state index contributed by atoms with van der Waals surface area (Å²) in [6.45, 7) is 0. The number of anilines is 2. The fourth-order valence-corrected chi connectivity index (χ4v) is 1.65. The predicted octanol–water partition coefficient (Wildman–Crippen LogP) is 2.24. The zero-order chi connectivity index (χ0) is 14.7. The second-order valence-electron chi connectivity index (χ2n) is 4.03. The molecule has 2 aromatic rings. The molecule has 0 heterocycles. The number of hydrogen-bond donors (Lipinski definition) is 3. The van der Waals surface area contributed by atoms with Crippen molar-refractivity contribution in [2.45, 2.75) is 0 Å². The minimum Gasteiger partial charge on any atom is -0.508 e. The molecule has 5 nitrogen and oxygen atoms in total. The molecule has 0 saturated carbocycles. The van der Waals surface area contributed by atoms with Crippen LogP contribution < -0.4 is 11.1 Å². The molecule has 0 saturated heterocycles. The molecular weight excluding hydrogens is 261 g/mol. The first kappa shape index (κ1) is 13.4. The molecule has 0 fully saturated rings. The Kier molecular flexibility index (Phi) is 3.53. The molecule has 6 heteroatoms. The predicted molar refractivity (Wildman–Crippen MR) is 71.6 cm³/mol. The number of phenols is 1. The monoisotopic (exact) mass is 271 g/mol. The standard InChI is InChI=1S/C14H10FN3O2/c15-9-1-4-13(8(5-9)7-16)18-14(20)11-6-10(19)2-3-12(11)17/h1-6,19H,17H2,(H,18,20). The summed E-state index contributed by atoms with van der Waals surface area (Å²) in [6, 6.07) is 9.16. The number of nitrogens with zero attached hydrogens (tertiary/aromatic N) is 1. The summed E-state index contributed by atoms with van der Waals surface area (Å²) in [6.07, 6.45) is 0. The van der Waals surface area contributed by atoms with Gasteiger partial charge in [-0.05, 0) is 36.4 Å². The number of nitrogens with two attached hydrogens (primary N) is 1. The van der Waals surface area contributed by atoms with Gasteiger partial charge < -0.3 is 16.2 Å². The molecule has 0 radical (unpaired) electrons. The molecule has 2 aromatic carbocycles. The van der Waals surface area contributed by atoms with Gasteiger partial charge in [-0.15, -0.1) is 0 Å². The number of phenolic OH excluding ortho intramolecular Hbond substituents is 1. The lowest BCUT2D eigenvalue weighted by molar-refractivity contribution is 0.102.